The van der Waals surface area contributed by atoms with Gasteiger partial charge in [-0.25, -0.2) is 9.78 Å². The summed E-state index contributed by atoms with van der Waals surface area (Å²) in [5.74, 6) is 1.60. The number of benzene rings is 2. The zero-order valence-corrected chi connectivity index (χ0v) is 26.5. The van der Waals surface area contributed by atoms with E-state index in [0.29, 0.717) is 5.28 Å². The Morgan fingerprint density at radius 3 is 1.87 bits per heavy atom. The monoisotopic (exact) mass is 756 g/mol. The third-order valence-electron chi connectivity index (χ3n) is 6.46. The van der Waals surface area contributed by atoms with E-state index >= 15 is 0 Å². The van der Waals surface area contributed by atoms with Gasteiger partial charge in [-0.3, -0.25) is 4.57 Å². The van der Waals surface area contributed by atoms with Gasteiger partial charge < -0.3 is 18.6 Å². The molecule has 0 fully saturated rings. The van der Waals surface area contributed by atoms with Crippen LogP contribution in [0.25, 0.3) is 44.3 Å². The first-order valence-corrected chi connectivity index (χ1v) is 14.1. The van der Waals surface area contributed by atoms with E-state index in [1.165, 1.54) is 0 Å². The summed E-state index contributed by atoms with van der Waals surface area (Å²) in [6.45, 7) is 7.66. The molecule has 0 aliphatic carbocycles. The first kappa shape index (κ1) is 26.9. The summed E-state index contributed by atoms with van der Waals surface area (Å²) in [7, 11) is 3.67. The average molecular weight is 757 g/mol. The van der Waals surface area contributed by atoms with E-state index in [2.05, 4.69) is 71.5 Å². The second kappa shape index (κ2) is 10.2. The lowest BCUT2D eigenvalue weighted by atomic mass is 10.0. The van der Waals surface area contributed by atoms with Crippen molar-refractivity contribution >= 4 is 78.8 Å². The fourth-order valence-electron chi connectivity index (χ4n) is 4.68. The highest BCUT2D eigenvalue weighted by Gasteiger charge is 2.17. The van der Waals surface area contributed by atoms with Gasteiger partial charge in [-0.15, -0.1) is 0 Å². The molecule has 38 heavy (non-hydrogen) atoms. The van der Waals surface area contributed by atoms with Gasteiger partial charge in [0.2, 0.25) is 5.28 Å². The summed E-state index contributed by atoms with van der Waals surface area (Å²) in [5, 5.41) is 8.46. The predicted molar refractivity (Wildman–Crippen MR) is 165 cm³/mol. The SMILES string of the molecule is Cc1noc(C)c1-c1cc(I)c2c(c1)[nH]c(=O)n2C.Cc1noc(C)c1-c1cc(I)c2c(c1)nc(Cl)n2C. The van der Waals surface area contributed by atoms with Gasteiger partial charge in [0, 0.05) is 32.4 Å². The minimum absolute atomic E-state index is 0.108. The van der Waals surface area contributed by atoms with Crippen molar-refractivity contribution in [3.63, 3.8) is 0 Å². The van der Waals surface area contributed by atoms with Crippen LogP contribution in [0, 0.1) is 34.8 Å². The Morgan fingerprint density at radius 2 is 1.34 bits per heavy atom. The number of imidazole rings is 2. The van der Waals surface area contributed by atoms with Crippen LogP contribution in [0.3, 0.4) is 0 Å². The van der Waals surface area contributed by atoms with Gasteiger partial charge in [0.25, 0.3) is 0 Å². The normalized spacial score (nSPS) is 11.4. The second-order valence-corrected chi connectivity index (χ2v) is 11.7. The number of H-pyrrole nitrogens is 1. The van der Waals surface area contributed by atoms with Crippen molar-refractivity contribution in [3.8, 4) is 22.3 Å². The number of aromatic nitrogens is 6. The van der Waals surface area contributed by atoms with Crippen LogP contribution in [0.1, 0.15) is 22.9 Å². The minimum atomic E-state index is -0.108. The summed E-state index contributed by atoms with van der Waals surface area (Å²) in [5.41, 5.74) is 9.39. The van der Waals surface area contributed by atoms with Crippen LogP contribution in [-0.2, 0) is 14.1 Å². The van der Waals surface area contributed by atoms with Gasteiger partial charge in [0.15, 0.2) is 0 Å². The molecule has 196 valence electrons. The molecule has 0 radical (unpaired) electrons. The smallest absolute Gasteiger partial charge is 0.326 e. The number of hydrogen-bond donors (Lipinski definition) is 1. The first-order valence-electron chi connectivity index (χ1n) is 11.5. The average Bonchev–Trinajstić information content (AvgIpc) is 3.54. The van der Waals surface area contributed by atoms with E-state index in [1.54, 1.807) is 11.6 Å². The third-order valence-corrected chi connectivity index (χ3v) is 8.44. The first-order chi connectivity index (χ1) is 18.0. The standard InChI is InChI=1S/C13H11ClIN3O.C13H12IN3O2/c1-6-11(7(2)19-17-6)8-4-9(15)12-10(5-8)16-13(14)18(12)3;1-6-11(7(2)19-16-6)8-4-9(14)12-10(5-8)15-13(18)17(12)3/h4-5H,1-3H3;4-5H,1-3H3,(H,15,18). The summed E-state index contributed by atoms with van der Waals surface area (Å²) < 4.78 is 16.1. The molecule has 0 aliphatic heterocycles. The number of halogens is 3. The molecule has 6 aromatic rings. The van der Waals surface area contributed by atoms with E-state index in [4.69, 9.17) is 20.6 Å². The third kappa shape index (κ3) is 4.57. The van der Waals surface area contributed by atoms with Crippen LogP contribution >= 0.6 is 56.8 Å². The molecular weight excluding hydrogens is 734 g/mol. The van der Waals surface area contributed by atoms with E-state index in [-0.39, 0.29) is 5.69 Å². The van der Waals surface area contributed by atoms with Crippen molar-refractivity contribution in [2.45, 2.75) is 27.7 Å². The molecule has 1 N–H and O–H groups in total. The molecule has 12 heteroatoms. The van der Waals surface area contributed by atoms with E-state index < -0.39 is 0 Å². The van der Waals surface area contributed by atoms with E-state index in [9.17, 15) is 4.79 Å². The van der Waals surface area contributed by atoms with Crippen LogP contribution in [0.15, 0.2) is 38.1 Å². The van der Waals surface area contributed by atoms with E-state index in [1.807, 2.05) is 57.5 Å². The number of fused-ring (bicyclic) bond motifs is 2. The van der Waals surface area contributed by atoms with Crippen LogP contribution in [0.2, 0.25) is 5.28 Å². The quantitative estimate of drug-likeness (QED) is 0.194. The Labute approximate surface area is 249 Å². The topological polar surface area (TPSA) is 108 Å². The van der Waals surface area contributed by atoms with Gasteiger partial charge in [-0.2, -0.15) is 0 Å². The lowest BCUT2D eigenvalue weighted by molar-refractivity contribution is 0.393. The fraction of sp³-hybridized carbons (Fsp3) is 0.231. The maximum atomic E-state index is 11.7. The molecule has 0 unspecified atom stereocenters. The van der Waals surface area contributed by atoms with Crippen molar-refractivity contribution in [3.05, 3.63) is 70.1 Å². The Kier molecular flexibility index (Phi) is 7.20. The molecule has 6 rings (SSSR count). The molecule has 0 saturated heterocycles. The highest BCUT2D eigenvalue weighted by molar-refractivity contribution is 14.1. The fourth-order valence-corrected chi connectivity index (χ4v) is 6.82. The molecule has 9 nitrogen and oxygen atoms in total. The van der Waals surface area contributed by atoms with Gasteiger partial charge in [0.05, 0.1) is 33.5 Å². The Hall–Kier alpha value is -2.65. The van der Waals surface area contributed by atoms with Crippen LogP contribution in [-0.4, -0.2) is 29.4 Å². The van der Waals surface area contributed by atoms with Crippen molar-refractivity contribution < 1.29 is 9.05 Å². The lowest BCUT2D eigenvalue weighted by Gasteiger charge is -2.04. The molecule has 0 spiro atoms. The molecule has 0 saturated carbocycles. The summed E-state index contributed by atoms with van der Waals surface area (Å²) >= 11 is 10.6. The van der Waals surface area contributed by atoms with Crippen LogP contribution < -0.4 is 5.69 Å². The zero-order valence-electron chi connectivity index (χ0n) is 21.4. The Balaban J connectivity index is 0.000000155. The molecule has 0 atom stereocenters. The molecule has 0 bridgehead atoms. The van der Waals surface area contributed by atoms with Crippen molar-refractivity contribution in [1.82, 2.24) is 29.4 Å². The highest BCUT2D eigenvalue weighted by atomic mass is 127. The number of hydrogen-bond acceptors (Lipinski definition) is 6. The number of nitrogens with one attached hydrogen (secondary N) is 1. The highest BCUT2D eigenvalue weighted by Crippen LogP contribution is 2.33. The Morgan fingerprint density at radius 1 is 0.816 bits per heavy atom. The maximum Gasteiger partial charge on any atom is 0.326 e. The number of aromatic amines is 1. The molecule has 4 heterocycles. The number of rotatable bonds is 2. The molecule has 0 amide bonds. The van der Waals surface area contributed by atoms with Crippen molar-refractivity contribution in [1.29, 1.82) is 0 Å². The Bertz CT molecular complexity index is 1870. The van der Waals surface area contributed by atoms with E-state index in [0.717, 1.165) is 74.4 Å². The zero-order chi connectivity index (χ0) is 27.5. The molecule has 4 aromatic heterocycles. The van der Waals surface area contributed by atoms with Crippen molar-refractivity contribution in [2.24, 2.45) is 14.1 Å². The van der Waals surface area contributed by atoms with Gasteiger partial charge >= 0.3 is 5.69 Å². The van der Waals surface area contributed by atoms with Crippen molar-refractivity contribution in [2.75, 3.05) is 0 Å². The van der Waals surface area contributed by atoms with Crippen LogP contribution in [0.5, 0.6) is 0 Å². The minimum Gasteiger partial charge on any atom is -0.361 e. The summed E-state index contributed by atoms with van der Waals surface area (Å²) in [4.78, 5) is 18.9. The van der Waals surface area contributed by atoms with Crippen LogP contribution in [0.4, 0.5) is 0 Å². The van der Waals surface area contributed by atoms with Gasteiger partial charge in [-0.05, 0) is 120 Å². The lowest BCUT2D eigenvalue weighted by Crippen LogP contribution is -2.12. The summed E-state index contributed by atoms with van der Waals surface area (Å²) in [6, 6.07) is 8.14. The van der Waals surface area contributed by atoms with Gasteiger partial charge in [0.1, 0.15) is 11.5 Å². The molecule has 0 aliphatic rings. The number of nitrogens with zero attached hydrogens (tertiary/aromatic N) is 5. The maximum absolute atomic E-state index is 11.7. The largest absolute Gasteiger partial charge is 0.361 e. The summed E-state index contributed by atoms with van der Waals surface area (Å²) in [6.07, 6.45) is 0. The molecule has 2 aromatic carbocycles. The van der Waals surface area contributed by atoms with Gasteiger partial charge in [-0.1, -0.05) is 10.3 Å². The second-order valence-electron chi connectivity index (χ2n) is 9.01. The molecular formula is C26H23ClI2N6O3. The number of aryl methyl sites for hydroxylation is 6. The predicted octanol–water partition coefficient (Wildman–Crippen LogP) is 6.85.